The number of ether oxygens (including phenoxy) is 1. The second kappa shape index (κ2) is 4.50. The van der Waals surface area contributed by atoms with Gasteiger partial charge >= 0.3 is 0 Å². The molecule has 1 rings (SSSR count). The number of carbonyl (C=O) groups is 1. The van der Waals surface area contributed by atoms with Crippen molar-refractivity contribution in [2.45, 2.75) is 11.8 Å². The average Bonchev–Trinajstić information content (AvgIpc) is 2.14. The van der Waals surface area contributed by atoms with E-state index in [4.69, 9.17) is 9.29 Å². The van der Waals surface area contributed by atoms with Crippen LogP contribution in [0.4, 0.5) is 5.69 Å². The molecule has 6 nitrogen and oxygen atoms in total. The summed E-state index contributed by atoms with van der Waals surface area (Å²) in [5, 5.41) is 2.30. The first-order valence-electron chi connectivity index (χ1n) is 4.27. The lowest BCUT2D eigenvalue weighted by molar-refractivity contribution is -0.114. The lowest BCUT2D eigenvalue weighted by Gasteiger charge is -2.09. The standard InChI is InChI=1S/C9H11NO5S/c1-6(11)10-8-5-7(15-2)3-4-9(8)16(12,13)14/h3-5H,1-2H3,(H,10,11)(H,12,13,14). The van der Waals surface area contributed by atoms with Crippen molar-refractivity contribution in [3.05, 3.63) is 18.2 Å². The van der Waals surface area contributed by atoms with Crippen LogP contribution in [0.25, 0.3) is 0 Å². The van der Waals surface area contributed by atoms with Gasteiger partial charge in [0.05, 0.1) is 12.8 Å². The largest absolute Gasteiger partial charge is 0.497 e. The van der Waals surface area contributed by atoms with Gasteiger partial charge in [-0.15, -0.1) is 0 Å². The number of anilines is 1. The molecular weight excluding hydrogens is 234 g/mol. The predicted molar refractivity (Wildman–Crippen MR) is 57.1 cm³/mol. The maximum Gasteiger partial charge on any atom is 0.296 e. The van der Waals surface area contributed by atoms with Gasteiger partial charge in [-0.2, -0.15) is 8.42 Å². The third-order valence-electron chi connectivity index (χ3n) is 1.78. The Kier molecular flexibility index (Phi) is 3.51. The highest BCUT2D eigenvalue weighted by Crippen LogP contribution is 2.26. The molecule has 1 aromatic carbocycles. The van der Waals surface area contributed by atoms with E-state index < -0.39 is 16.0 Å². The fourth-order valence-corrected chi connectivity index (χ4v) is 1.78. The Morgan fingerprint density at radius 3 is 2.50 bits per heavy atom. The highest BCUT2D eigenvalue weighted by molar-refractivity contribution is 7.86. The van der Waals surface area contributed by atoms with Crippen molar-refractivity contribution in [2.24, 2.45) is 0 Å². The molecule has 0 atom stereocenters. The summed E-state index contributed by atoms with van der Waals surface area (Å²) >= 11 is 0. The Morgan fingerprint density at radius 2 is 2.06 bits per heavy atom. The third-order valence-corrected chi connectivity index (χ3v) is 2.69. The number of methoxy groups -OCH3 is 1. The molecule has 2 N–H and O–H groups in total. The molecule has 0 spiro atoms. The number of rotatable bonds is 3. The van der Waals surface area contributed by atoms with Gasteiger partial charge in [0.1, 0.15) is 10.6 Å². The summed E-state index contributed by atoms with van der Waals surface area (Å²) in [6.45, 7) is 1.23. The van der Waals surface area contributed by atoms with Crippen LogP contribution in [0.2, 0.25) is 0 Å². The molecule has 88 valence electrons. The maximum absolute atomic E-state index is 11.0. The number of hydrogen-bond donors (Lipinski definition) is 2. The highest BCUT2D eigenvalue weighted by Gasteiger charge is 2.16. The summed E-state index contributed by atoms with van der Waals surface area (Å²) in [6.07, 6.45) is 0. The quantitative estimate of drug-likeness (QED) is 0.772. The lowest BCUT2D eigenvalue weighted by Crippen LogP contribution is -2.10. The summed E-state index contributed by atoms with van der Waals surface area (Å²) in [5.74, 6) is -0.0747. The Bertz CT molecular complexity index is 509. The van der Waals surface area contributed by atoms with E-state index in [-0.39, 0.29) is 10.6 Å². The van der Waals surface area contributed by atoms with Gasteiger partial charge in [0.2, 0.25) is 5.91 Å². The van der Waals surface area contributed by atoms with E-state index in [0.717, 1.165) is 6.07 Å². The number of benzene rings is 1. The van der Waals surface area contributed by atoms with E-state index in [1.54, 1.807) is 0 Å². The summed E-state index contributed by atoms with van der Waals surface area (Å²) in [7, 11) is -2.97. The fraction of sp³-hybridized carbons (Fsp3) is 0.222. The molecule has 7 heteroatoms. The molecule has 0 saturated carbocycles. The van der Waals surface area contributed by atoms with Gasteiger partial charge in [-0.3, -0.25) is 9.35 Å². The van der Waals surface area contributed by atoms with E-state index in [9.17, 15) is 13.2 Å². The molecule has 16 heavy (non-hydrogen) atoms. The number of carbonyl (C=O) groups excluding carboxylic acids is 1. The zero-order valence-corrected chi connectivity index (χ0v) is 9.54. The molecule has 0 unspecified atom stereocenters. The van der Waals surface area contributed by atoms with E-state index in [0.29, 0.717) is 5.75 Å². The van der Waals surface area contributed by atoms with E-state index >= 15 is 0 Å². The van der Waals surface area contributed by atoms with Crippen molar-refractivity contribution >= 4 is 21.7 Å². The molecule has 1 amide bonds. The molecule has 0 saturated heterocycles. The van der Waals surface area contributed by atoms with Gasteiger partial charge in [0.25, 0.3) is 10.1 Å². The molecule has 0 heterocycles. The second-order valence-corrected chi connectivity index (χ2v) is 4.41. The van der Waals surface area contributed by atoms with Crippen LogP contribution in [0.3, 0.4) is 0 Å². The Morgan fingerprint density at radius 1 is 1.44 bits per heavy atom. The minimum atomic E-state index is -4.37. The van der Waals surface area contributed by atoms with Crippen molar-refractivity contribution in [3.63, 3.8) is 0 Å². The van der Waals surface area contributed by atoms with Crippen LogP contribution in [-0.4, -0.2) is 26.0 Å². The van der Waals surface area contributed by atoms with Gasteiger partial charge in [-0.25, -0.2) is 0 Å². The first-order chi connectivity index (χ1) is 7.34. The van der Waals surface area contributed by atoms with Crippen molar-refractivity contribution in [1.29, 1.82) is 0 Å². The second-order valence-electron chi connectivity index (χ2n) is 3.02. The third kappa shape index (κ3) is 2.94. The van der Waals surface area contributed by atoms with Crippen molar-refractivity contribution < 1.29 is 22.5 Å². The van der Waals surface area contributed by atoms with Crippen LogP contribution in [0, 0.1) is 0 Å². The molecule has 1 aromatic rings. The van der Waals surface area contributed by atoms with Crippen LogP contribution >= 0.6 is 0 Å². The topological polar surface area (TPSA) is 92.7 Å². The first-order valence-corrected chi connectivity index (χ1v) is 5.71. The highest BCUT2D eigenvalue weighted by atomic mass is 32.2. The van der Waals surface area contributed by atoms with Crippen molar-refractivity contribution in [3.8, 4) is 5.75 Å². The van der Waals surface area contributed by atoms with Crippen LogP contribution in [0.15, 0.2) is 23.1 Å². The normalized spacial score (nSPS) is 10.9. The van der Waals surface area contributed by atoms with Crippen molar-refractivity contribution in [2.75, 3.05) is 12.4 Å². The van der Waals surface area contributed by atoms with Gasteiger partial charge in [-0.05, 0) is 12.1 Å². The average molecular weight is 245 g/mol. The molecule has 0 aliphatic rings. The summed E-state index contributed by atoms with van der Waals surface area (Å²) < 4.78 is 35.8. The maximum atomic E-state index is 11.0. The van der Waals surface area contributed by atoms with Crippen LogP contribution in [-0.2, 0) is 14.9 Å². The molecule has 0 aromatic heterocycles. The lowest BCUT2D eigenvalue weighted by atomic mass is 10.3. The first kappa shape index (κ1) is 12.5. The number of hydrogen-bond acceptors (Lipinski definition) is 4. The predicted octanol–water partition coefficient (Wildman–Crippen LogP) is 0.900. The summed E-state index contributed by atoms with van der Waals surface area (Å²) in [5.41, 5.74) is -0.0191. The minimum Gasteiger partial charge on any atom is -0.497 e. The Balaban J connectivity index is 3.33. The summed E-state index contributed by atoms with van der Waals surface area (Å²) in [4.78, 5) is 10.5. The van der Waals surface area contributed by atoms with Crippen LogP contribution in [0.5, 0.6) is 5.75 Å². The number of amides is 1. The zero-order valence-electron chi connectivity index (χ0n) is 8.72. The van der Waals surface area contributed by atoms with Gasteiger partial charge < -0.3 is 10.1 Å². The molecular formula is C9H11NO5S. The molecule has 0 aliphatic carbocycles. The monoisotopic (exact) mass is 245 g/mol. The van der Waals surface area contributed by atoms with Gasteiger partial charge in [0, 0.05) is 13.0 Å². The van der Waals surface area contributed by atoms with E-state index in [1.807, 2.05) is 0 Å². The molecule has 0 radical (unpaired) electrons. The number of nitrogens with one attached hydrogen (secondary N) is 1. The molecule has 0 fully saturated rings. The molecule has 0 aliphatic heterocycles. The summed E-state index contributed by atoms with van der Waals surface area (Å²) in [6, 6.07) is 3.83. The fourth-order valence-electron chi connectivity index (χ4n) is 1.15. The Labute approximate surface area is 93.0 Å². The van der Waals surface area contributed by atoms with Crippen LogP contribution < -0.4 is 10.1 Å². The Hall–Kier alpha value is -1.60. The minimum absolute atomic E-state index is 0.0191. The molecule has 0 bridgehead atoms. The van der Waals surface area contributed by atoms with Gasteiger partial charge in [-0.1, -0.05) is 0 Å². The van der Waals surface area contributed by atoms with E-state index in [2.05, 4.69) is 5.32 Å². The van der Waals surface area contributed by atoms with E-state index in [1.165, 1.54) is 26.2 Å². The van der Waals surface area contributed by atoms with Crippen LogP contribution in [0.1, 0.15) is 6.92 Å². The smallest absolute Gasteiger partial charge is 0.296 e. The van der Waals surface area contributed by atoms with Gasteiger partial charge in [0.15, 0.2) is 0 Å². The zero-order chi connectivity index (χ0) is 12.3. The van der Waals surface area contributed by atoms with Crippen molar-refractivity contribution in [1.82, 2.24) is 0 Å². The SMILES string of the molecule is COc1ccc(S(=O)(=O)O)c(NC(C)=O)c1.